The number of rotatable bonds is 1. The number of hydrogen-bond acceptors (Lipinski definition) is 5. The molecule has 0 fully saturated rings. The van der Waals surface area contributed by atoms with Crippen LogP contribution in [0.25, 0.3) is 0 Å². The third-order valence-corrected chi connectivity index (χ3v) is 1.72. The van der Waals surface area contributed by atoms with E-state index < -0.39 is 23.8 Å². The molecule has 0 bridgehead atoms. The first-order chi connectivity index (χ1) is 6.58. The molecule has 2 aliphatic heterocycles. The van der Waals surface area contributed by atoms with Gasteiger partial charge in [0.25, 0.3) is 11.8 Å². The van der Waals surface area contributed by atoms with E-state index in [0.717, 1.165) is 12.2 Å². The fourth-order valence-corrected chi connectivity index (χ4v) is 1.15. The number of cyclic esters (lactones) is 2. The molecule has 2 heterocycles. The van der Waals surface area contributed by atoms with E-state index in [2.05, 4.69) is 4.74 Å². The largest absolute Gasteiger partial charge is 0.386 e. The number of amides is 2. The number of hydrogen-bond donors (Lipinski definition) is 1. The molecule has 0 spiro atoms. The van der Waals surface area contributed by atoms with Gasteiger partial charge in [0.2, 0.25) is 0 Å². The summed E-state index contributed by atoms with van der Waals surface area (Å²) in [6, 6.07) is 0. The van der Waals surface area contributed by atoms with Gasteiger partial charge in [-0.2, -0.15) is 0 Å². The summed E-state index contributed by atoms with van der Waals surface area (Å²) < 4.78 is 4.17. The Balaban J connectivity index is 2.42. The minimum atomic E-state index is -0.911. The summed E-state index contributed by atoms with van der Waals surface area (Å²) in [7, 11) is 0. The van der Waals surface area contributed by atoms with Crippen LogP contribution in [0.15, 0.2) is 23.3 Å². The van der Waals surface area contributed by atoms with Crippen LogP contribution in [-0.4, -0.2) is 23.8 Å². The Morgan fingerprint density at radius 1 is 1.00 bits per heavy atom. The first-order valence-electron chi connectivity index (χ1n) is 3.63. The molecular formula is C8H3NO5. The molecular weight excluding hydrogens is 190 g/mol. The number of imide groups is 1. The molecule has 1 N–H and O–H groups in total. The zero-order valence-electron chi connectivity index (χ0n) is 6.70. The highest BCUT2D eigenvalue weighted by Gasteiger charge is 2.33. The molecule has 2 amide bonds. The van der Waals surface area contributed by atoms with Crippen LogP contribution in [0.1, 0.15) is 0 Å². The second-order valence-electron chi connectivity index (χ2n) is 2.64. The zero-order chi connectivity index (χ0) is 10.3. The van der Waals surface area contributed by atoms with E-state index >= 15 is 0 Å². The summed E-state index contributed by atoms with van der Waals surface area (Å²) in [4.78, 5) is 43.4. The van der Waals surface area contributed by atoms with Gasteiger partial charge in [-0.05, 0) is 0 Å². The van der Waals surface area contributed by atoms with E-state index in [4.69, 9.17) is 0 Å². The van der Waals surface area contributed by atoms with E-state index in [1.165, 1.54) is 0 Å². The van der Waals surface area contributed by atoms with Crippen molar-refractivity contribution < 1.29 is 23.9 Å². The van der Waals surface area contributed by atoms with Gasteiger partial charge < -0.3 is 4.74 Å². The molecule has 6 nitrogen and oxygen atoms in total. The molecule has 2 rings (SSSR count). The van der Waals surface area contributed by atoms with E-state index in [1.54, 1.807) is 0 Å². The first-order valence-corrected chi connectivity index (χ1v) is 3.63. The van der Waals surface area contributed by atoms with Crippen molar-refractivity contribution in [1.29, 1.82) is 0 Å². The van der Waals surface area contributed by atoms with Crippen molar-refractivity contribution in [3.05, 3.63) is 23.3 Å². The van der Waals surface area contributed by atoms with Gasteiger partial charge in [-0.15, -0.1) is 0 Å². The second-order valence-corrected chi connectivity index (χ2v) is 2.64. The van der Waals surface area contributed by atoms with Crippen molar-refractivity contribution in [1.82, 2.24) is 5.32 Å². The third-order valence-electron chi connectivity index (χ3n) is 1.72. The number of ether oxygens (including phenoxy) is 1. The topological polar surface area (TPSA) is 89.5 Å². The van der Waals surface area contributed by atoms with Crippen LogP contribution >= 0.6 is 0 Å². The quantitative estimate of drug-likeness (QED) is 0.313. The van der Waals surface area contributed by atoms with Crippen molar-refractivity contribution in [2.45, 2.75) is 0 Å². The number of carbonyl (C=O) groups is 4. The van der Waals surface area contributed by atoms with Gasteiger partial charge in [-0.3, -0.25) is 14.9 Å². The predicted octanol–water partition coefficient (Wildman–Crippen LogP) is -1.42. The maximum absolute atomic E-state index is 11.1. The van der Waals surface area contributed by atoms with Crippen LogP contribution in [0.4, 0.5) is 0 Å². The van der Waals surface area contributed by atoms with Crippen molar-refractivity contribution in [3.63, 3.8) is 0 Å². The Morgan fingerprint density at radius 3 is 2.14 bits per heavy atom. The predicted molar refractivity (Wildman–Crippen MR) is 40.4 cm³/mol. The Labute approximate surface area is 77.2 Å². The fraction of sp³-hybridized carbons (Fsp3) is 0. The molecule has 14 heavy (non-hydrogen) atoms. The van der Waals surface area contributed by atoms with Crippen molar-refractivity contribution in [3.8, 4) is 0 Å². The van der Waals surface area contributed by atoms with Crippen LogP contribution in [-0.2, 0) is 23.9 Å². The highest BCUT2D eigenvalue weighted by Crippen LogP contribution is 2.20. The van der Waals surface area contributed by atoms with Crippen LogP contribution in [0.3, 0.4) is 0 Å². The monoisotopic (exact) mass is 193 g/mol. The number of esters is 2. The van der Waals surface area contributed by atoms with Gasteiger partial charge in [0.05, 0.1) is 11.1 Å². The second kappa shape index (κ2) is 2.63. The molecule has 0 aromatic rings. The number of nitrogens with one attached hydrogen (secondary N) is 1. The molecule has 0 aromatic heterocycles. The van der Waals surface area contributed by atoms with Crippen molar-refractivity contribution >= 4 is 23.8 Å². The smallest absolute Gasteiger partial charge is 0.347 e. The van der Waals surface area contributed by atoms with Gasteiger partial charge in [0, 0.05) is 12.2 Å². The van der Waals surface area contributed by atoms with Gasteiger partial charge in [0.15, 0.2) is 0 Å². The molecule has 0 aliphatic carbocycles. The third kappa shape index (κ3) is 1.13. The summed E-state index contributed by atoms with van der Waals surface area (Å²) in [6.45, 7) is 0. The SMILES string of the molecule is O=C1C=C(C2=CC(=O)OC2=O)C(=O)N1. The van der Waals surface area contributed by atoms with Crippen LogP contribution in [0, 0.1) is 0 Å². The van der Waals surface area contributed by atoms with Crippen LogP contribution < -0.4 is 5.32 Å². The first kappa shape index (κ1) is 8.36. The maximum atomic E-state index is 11.1. The van der Waals surface area contributed by atoms with Crippen LogP contribution in [0.2, 0.25) is 0 Å². The van der Waals surface area contributed by atoms with Gasteiger partial charge in [-0.25, -0.2) is 9.59 Å². The van der Waals surface area contributed by atoms with Gasteiger partial charge in [-0.1, -0.05) is 0 Å². The Hall–Kier alpha value is -2.24. The Bertz CT molecular complexity index is 401. The zero-order valence-corrected chi connectivity index (χ0v) is 6.70. The molecule has 0 saturated carbocycles. The number of carbonyl (C=O) groups excluding carboxylic acids is 4. The molecule has 0 saturated heterocycles. The van der Waals surface area contributed by atoms with E-state index in [1.807, 2.05) is 5.32 Å². The summed E-state index contributed by atoms with van der Waals surface area (Å²) in [5, 5.41) is 1.95. The minimum absolute atomic E-state index is 0.133. The lowest BCUT2D eigenvalue weighted by molar-refractivity contribution is -0.150. The highest BCUT2D eigenvalue weighted by atomic mass is 16.6. The average Bonchev–Trinajstić information content (AvgIpc) is 2.55. The molecule has 70 valence electrons. The van der Waals surface area contributed by atoms with Crippen molar-refractivity contribution in [2.24, 2.45) is 0 Å². The fourth-order valence-electron chi connectivity index (χ4n) is 1.15. The Kier molecular flexibility index (Phi) is 1.57. The lowest BCUT2D eigenvalue weighted by Gasteiger charge is -1.95. The van der Waals surface area contributed by atoms with Gasteiger partial charge >= 0.3 is 11.9 Å². The average molecular weight is 193 g/mol. The van der Waals surface area contributed by atoms with E-state index in [-0.39, 0.29) is 11.1 Å². The summed E-state index contributed by atoms with van der Waals surface area (Å²) >= 11 is 0. The minimum Gasteiger partial charge on any atom is -0.386 e. The molecule has 0 atom stereocenters. The summed E-state index contributed by atoms with van der Waals surface area (Å²) in [5.41, 5.74) is -0.316. The normalized spacial score (nSPS) is 20.6. The molecule has 0 aromatic carbocycles. The summed E-state index contributed by atoms with van der Waals surface area (Å²) in [5.74, 6) is -3.06. The van der Waals surface area contributed by atoms with E-state index in [9.17, 15) is 19.2 Å². The van der Waals surface area contributed by atoms with Crippen molar-refractivity contribution in [2.75, 3.05) is 0 Å². The molecule has 0 radical (unpaired) electrons. The van der Waals surface area contributed by atoms with Crippen LogP contribution in [0.5, 0.6) is 0 Å². The highest BCUT2D eigenvalue weighted by molar-refractivity contribution is 6.25. The molecule has 0 unspecified atom stereocenters. The molecule has 6 heteroatoms. The standard InChI is InChI=1S/C8H3NO5/c10-5-1-3(7(12)9-5)4-2-6(11)14-8(4)13/h1-2H,(H,9,10,12). The molecule has 2 aliphatic rings. The van der Waals surface area contributed by atoms with Gasteiger partial charge in [0.1, 0.15) is 0 Å². The van der Waals surface area contributed by atoms with E-state index in [0.29, 0.717) is 0 Å². The maximum Gasteiger partial charge on any atom is 0.347 e. The Morgan fingerprint density at radius 2 is 1.71 bits per heavy atom. The summed E-state index contributed by atoms with van der Waals surface area (Å²) in [6.07, 6.45) is 1.83. The lowest BCUT2D eigenvalue weighted by Crippen LogP contribution is -2.23. The lowest BCUT2D eigenvalue weighted by atomic mass is 10.1.